The van der Waals surface area contributed by atoms with Crippen LogP contribution in [0.2, 0.25) is 0 Å². The SMILES string of the molecule is CN=C(NCC(=O)NCc1ccc(OC)cc1)NCc1ccccc1OC(C)(C)C.I. The van der Waals surface area contributed by atoms with Crippen molar-refractivity contribution >= 4 is 35.8 Å². The second kappa shape index (κ2) is 13.0. The zero-order valence-electron chi connectivity index (χ0n) is 18.8. The highest BCUT2D eigenvalue weighted by molar-refractivity contribution is 14.0. The van der Waals surface area contributed by atoms with Gasteiger partial charge >= 0.3 is 0 Å². The Kier molecular flexibility index (Phi) is 11.2. The van der Waals surface area contributed by atoms with Crippen molar-refractivity contribution in [1.82, 2.24) is 16.0 Å². The maximum atomic E-state index is 12.1. The molecule has 0 bridgehead atoms. The molecule has 3 N–H and O–H groups in total. The zero-order chi connectivity index (χ0) is 22.0. The number of amides is 1. The Morgan fingerprint density at radius 2 is 1.65 bits per heavy atom. The van der Waals surface area contributed by atoms with Crippen LogP contribution in [0.4, 0.5) is 0 Å². The van der Waals surface area contributed by atoms with E-state index in [1.807, 2.05) is 69.3 Å². The van der Waals surface area contributed by atoms with Gasteiger partial charge in [-0.15, -0.1) is 24.0 Å². The Morgan fingerprint density at radius 1 is 0.968 bits per heavy atom. The number of hydrogen-bond acceptors (Lipinski definition) is 4. The van der Waals surface area contributed by atoms with E-state index in [0.29, 0.717) is 19.0 Å². The van der Waals surface area contributed by atoms with Crippen molar-refractivity contribution in [2.75, 3.05) is 20.7 Å². The van der Waals surface area contributed by atoms with Crippen molar-refractivity contribution in [3.05, 3.63) is 59.7 Å². The number of methoxy groups -OCH3 is 1. The second-order valence-electron chi connectivity index (χ2n) is 7.73. The normalized spacial score (nSPS) is 11.2. The van der Waals surface area contributed by atoms with Gasteiger partial charge in [0.25, 0.3) is 0 Å². The summed E-state index contributed by atoms with van der Waals surface area (Å²) in [6.45, 7) is 7.15. The van der Waals surface area contributed by atoms with Crippen LogP contribution in [0.1, 0.15) is 31.9 Å². The van der Waals surface area contributed by atoms with Gasteiger partial charge in [0.1, 0.15) is 17.1 Å². The van der Waals surface area contributed by atoms with Crippen LogP contribution in [0.5, 0.6) is 11.5 Å². The topological polar surface area (TPSA) is 84.0 Å². The van der Waals surface area contributed by atoms with Crippen molar-refractivity contribution in [2.45, 2.75) is 39.5 Å². The highest BCUT2D eigenvalue weighted by Crippen LogP contribution is 2.22. The molecule has 2 aromatic carbocycles. The lowest BCUT2D eigenvalue weighted by Gasteiger charge is -2.23. The van der Waals surface area contributed by atoms with Crippen LogP contribution in [-0.4, -0.2) is 38.2 Å². The molecule has 0 atom stereocenters. The van der Waals surface area contributed by atoms with Crippen molar-refractivity contribution in [3.63, 3.8) is 0 Å². The van der Waals surface area contributed by atoms with Crippen molar-refractivity contribution in [2.24, 2.45) is 4.99 Å². The third-order valence-corrected chi connectivity index (χ3v) is 4.12. The van der Waals surface area contributed by atoms with Gasteiger partial charge in [0.05, 0.1) is 13.7 Å². The van der Waals surface area contributed by atoms with Crippen LogP contribution in [0.25, 0.3) is 0 Å². The Balaban J connectivity index is 0.00000480. The lowest BCUT2D eigenvalue weighted by Crippen LogP contribution is -2.42. The lowest BCUT2D eigenvalue weighted by atomic mass is 10.1. The van der Waals surface area contributed by atoms with Crippen molar-refractivity contribution in [1.29, 1.82) is 0 Å². The number of halogens is 1. The maximum absolute atomic E-state index is 12.1. The summed E-state index contributed by atoms with van der Waals surface area (Å²) in [5.41, 5.74) is 1.74. The minimum Gasteiger partial charge on any atom is -0.497 e. The molecule has 2 aromatic rings. The van der Waals surface area contributed by atoms with E-state index in [1.165, 1.54) is 0 Å². The molecule has 2 rings (SSSR count). The number of carbonyl (C=O) groups excluding carboxylic acids is 1. The first-order valence-electron chi connectivity index (χ1n) is 9.92. The summed E-state index contributed by atoms with van der Waals surface area (Å²) in [4.78, 5) is 16.3. The summed E-state index contributed by atoms with van der Waals surface area (Å²) >= 11 is 0. The number of carbonyl (C=O) groups is 1. The van der Waals surface area contributed by atoms with Gasteiger partial charge in [-0.1, -0.05) is 30.3 Å². The fourth-order valence-corrected chi connectivity index (χ4v) is 2.65. The average molecular weight is 540 g/mol. The highest BCUT2D eigenvalue weighted by Gasteiger charge is 2.14. The largest absolute Gasteiger partial charge is 0.497 e. The molecule has 1 amide bonds. The number of aliphatic imine (C=N–C) groups is 1. The van der Waals surface area contributed by atoms with Gasteiger partial charge in [-0.2, -0.15) is 0 Å². The monoisotopic (exact) mass is 540 g/mol. The standard InChI is InChI=1S/C23H32N4O3.HI/c1-23(2,3)30-20-9-7-6-8-18(20)15-26-22(24-4)27-16-21(28)25-14-17-10-12-19(29-5)13-11-17;/h6-13H,14-16H2,1-5H3,(H,25,28)(H2,24,26,27);1H. The summed E-state index contributed by atoms with van der Waals surface area (Å²) < 4.78 is 11.1. The van der Waals surface area contributed by atoms with Crippen LogP contribution in [-0.2, 0) is 17.9 Å². The summed E-state index contributed by atoms with van der Waals surface area (Å²) in [7, 11) is 3.29. The molecule has 0 heterocycles. The minimum atomic E-state index is -0.280. The Morgan fingerprint density at radius 3 is 2.26 bits per heavy atom. The highest BCUT2D eigenvalue weighted by atomic mass is 127. The molecule has 0 saturated carbocycles. The molecule has 0 aliphatic rings. The molecular weight excluding hydrogens is 507 g/mol. The van der Waals surface area contributed by atoms with Gasteiger partial charge in [0, 0.05) is 25.7 Å². The van der Waals surface area contributed by atoms with Crippen molar-refractivity contribution < 1.29 is 14.3 Å². The first-order chi connectivity index (χ1) is 14.3. The van der Waals surface area contributed by atoms with E-state index in [1.54, 1.807) is 14.2 Å². The molecule has 0 aromatic heterocycles. The number of nitrogens with zero attached hydrogens (tertiary/aromatic N) is 1. The summed E-state index contributed by atoms with van der Waals surface area (Å²) in [5, 5.41) is 9.13. The fraction of sp³-hybridized carbons (Fsp3) is 0.391. The van der Waals surface area contributed by atoms with E-state index < -0.39 is 0 Å². The molecule has 0 aliphatic carbocycles. The van der Waals surface area contributed by atoms with Gasteiger partial charge in [-0.25, -0.2) is 0 Å². The molecule has 170 valence electrons. The first-order valence-corrected chi connectivity index (χ1v) is 9.92. The van der Waals surface area contributed by atoms with E-state index in [-0.39, 0.29) is 42.0 Å². The van der Waals surface area contributed by atoms with Crippen LogP contribution >= 0.6 is 24.0 Å². The lowest BCUT2D eigenvalue weighted by molar-refractivity contribution is -0.120. The Labute approximate surface area is 202 Å². The average Bonchev–Trinajstić information content (AvgIpc) is 2.72. The third kappa shape index (κ3) is 9.91. The van der Waals surface area contributed by atoms with E-state index >= 15 is 0 Å². The van der Waals surface area contributed by atoms with Gasteiger partial charge < -0.3 is 25.4 Å². The molecule has 0 spiro atoms. The van der Waals surface area contributed by atoms with Gasteiger partial charge in [0.15, 0.2) is 5.96 Å². The molecule has 7 nitrogen and oxygen atoms in total. The molecular formula is C23H33IN4O3. The zero-order valence-corrected chi connectivity index (χ0v) is 21.2. The third-order valence-electron chi connectivity index (χ3n) is 4.12. The number of guanidine groups is 1. The first kappa shape index (κ1) is 26.5. The smallest absolute Gasteiger partial charge is 0.239 e. The summed E-state index contributed by atoms with van der Waals surface area (Å²) in [6, 6.07) is 15.4. The van der Waals surface area contributed by atoms with Crippen LogP contribution in [0.15, 0.2) is 53.5 Å². The maximum Gasteiger partial charge on any atom is 0.239 e. The predicted octanol–water partition coefficient (Wildman–Crippen LogP) is 3.47. The quantitative estimate of drug-likeness (QED) is 0.272. The van der Waals surface area contributed by atoms with E-state index in [0.717, 1.165) is 22.6 Å². The van der Waals surface area contributed by atoms with Crippen LogP contribution < -0.4 is 25.4 Å². The van der Waals surface area contributed by atoms with E-state index in [4.69, 9.17) is 9.47 Å². The number of ether oxygens (including phenoxy) is 2. The summed E-state index contributed by atoms with van der Waals surface area (Å²) in [5.74, 6) is 2.03. The molecule has 0 radical (unpaired) electrons. The van der Waals surface area contributed by atoms with E-state index in [9.17, 15) is 4.79 Å². The second-order valence-corrected chi connectivity index (χ2v) is 7.73. The van der Waals surface area contributed by atoms with Gasteiger partial charge in [-0.05, 0) is 44.5 Å². The van der Waals surface area contributed by atoms with Gasteiger partial charge in [0.2, 0.25) is 5.91 Å². The fourth-order valence-electron chi connectivity index (χ4n) is 2.65. The van der Waals surface area contributed by atoms with Crippen LogP contribution in [0, 0.1) is 0 Å². The Bertz CT molecular complexity index is 849. The molecule has 8 heteroatoms. The molecule has 0 saturated heterocycles. The number of rotatable bonds is 8. The molecule has 0 fully saturated rings. The van der Waals surface area contributed by atoms with Crippen molar-refractivity contribution in [3.8, 4) is 11.5 Å². The predicted molar refractivity (Wildman–Crippen MR) is 135 cm³/mol. The van der Waals surface area contributed by atoms with E-state index in [2.05, 4.69) is 20.9 Å². The molecule has 31 heavy (non-hydrogen) atoms. The van der Waals surface area contributed by atoms with Gasteiger partial charge in [-0.3, -0.25) is 9.79 Å². The molecule has 0 aliphatic heterocycles. The number of benzene rings is 2. The van der Waals surface area contributed by atoms with Crippen LogP contribution in [0.3, 0.4) is 0 Å². The molecule has 0 unspecified atom stereocenters. The Hall–Kier alpha value is -2.49. The number of hydrogen-bond donors (Lipinski definition) is 3. The number of para-hydroxylation sites is 1. The number of nitrogens with one attached hydrogen (secondary N) is 3. The summed E-state index contributed by atoms with van der Waals surface area (Å²) in [6.07, 6.45) is 0. The minimum absolute atomic E-state index is 0.